The first-order chi connectivity index (χ1) is 8.77. The fourth-order valence-electron chi connectivity index (χ4n) is 1.18. The lowest BCUT2D eigenvalue weighted by Gasteiger charge is -2.08. The first-order valence-corrected chi connectivity index (χ1v) is 6.84. The Morgan fingerprint density at radius 2 is 1.22 bits per heavy atom. The lowest BCUT2D eigenvalue weighted by molar-refractivity contribution is -0.00296. The molecule has 0 aliphatic carbocycles. The van der Waals surface area contributed by atoms with Crippen LogP contribution in [0.5, 0.6) is 0 Å². The van der Waals surface area contributed by atoms with Crippen molar-refractivity contribution in [2.24, 2.45) is 5.73 Å². The van der Waals surface area contributed by atoms with E-state index in [4.69, 9.17) is 24.7 Å². The molecule has 0 aliphatic heterocycles. The minimum atomic E-state index is 0.0843. The van der Waals surface area contributed by atoms with Gasteiger partial charge < -0.3 is 24.7 Å². The lowest BCUT2D eigenvalue weighted by atomic mass is 10.4. The molecule has 0 rings (SSSR count). The summed E-state index contributed by atoms with van der Waals surface area (Å²) in [5, 5.41) is 0. The Kier molecular flexibility index (Phi) is 14.7. The van der Waals surface area contributed by atoms with Crippen LogP contribution in [0.15, 0.2) is 0 Å². The lowest BCUT2D eigenvalue weighted by Crippen LogP contribution is -2.23. The van der Waals surface area contributed by atoms with Gasteiger partial charge in [-0.15, -0.1) is 0 Å². The third-order valence-corrected chi connectivity index (χ3v) is 2.14. The van der Waals surface area contributed by atoms with Crippen molar-refractivity contribution < 1.29 is 18.9 Å². The van der Waals surface area contributed by atoms with Crippen molar-refractivity contribution in [2.45, 2.75) is 32.7 Å². The quantitative estimate of drug-likeness (QED) is 0.477. The number of hydrogen-bond acceptors (Lipinski definition) is 5. The van der Waals surface area contributed by atoms with Gasteiger partial charge in [-0.2, -0.15) is 0 Å². The number of ether oxygens (including phenoxy) is 4. The van der Waals surface area contributed by atoms with Gasteiger partial charge in [0.05, 0.1) is 46.2 Å². The molecule has 110 valence electrons. The van der Waals surface area contributed by atoms with Crippen molar-refractivity contribution in [3.8, 4) is 0 Å². The molecule has 0 fully saturated rings. The molecule has 0 aliphatic rings. The van der Waals surface area contributed by atoms with E-state index in [2.05, 4.69) is 6.92 Å². The third kappa shape index (κ3) is 15.8. The van der Waals surface area contributed by atoms with E-state index in [1.54, 1.807) is 0 Å². The molecule has 0 saturated carbocycles. The third-order valence-electron chi connectivity index (χ3n) is 2.14. The van der Waals surface area contributed by atoms with Gasteiger partial charge in [0.15, 0.2) is 0 Å². The first kappa shape index (κ1) is 17.8. The van der Waals surface area contributed by atoms with E-state index < -0.39 is 0 Å². The summed E-state index contributed by atoms with van der Waals surface area (Å²) in [7, 11) is 0. The van der Waals surface area contributed by atoms with Gasteiger partial charge >= 0.3 is 0 Å². The molecule has 5 heteroatoms. The minimum absolute atomic E-state index is 0.0843. The van der Waals surface area contributed by atoms with Gasteiger partial charge in [-0.25, -0.2) is 0 Å². The molecule has 0 bridgehead atoms. The number of rotatable bonds is 14. The fourth-order valence-corrected chi connectivity index (χ4v) is 1.18. The van der Waals surface area contributed by atoms with Crippen LogP contribution < -0.4 is 5.73 Å². The van der Waals surface area contributed by atoms with E-state index in [0.29, 0.717) is 46.2 Å². The first-order valence-electron chi connectivity index (χ1n) is 6.84. The molecule has 18 heavy (non-hydrogen) atoms. The second-order valence-electron chi connectivity index (χ2n) is 4.24. The summed E-state index contributed by atoms with van der Waals surface area (Å²) >= 11 is 0. The van der Waals surface area contributed by atoms with E-state index in [1.807, 2.05) is 6.92 Å². The van der Waals surface area contributed by atoms with Crippen LogP contribution in [0.4, 0.5) is 0 Å². The largest absolute Gasteiger partial charge is 0.379 e. The standard InChI is InChI=1S/C13H29NO4/c1-3-4-5-15-6-7-16-8-9-17-10-11-18-12-13(2)14/h13H,3-12,14H2,1-2H3/t13-/m1/s1. The normalized spacial score (nSPS) is 12.8. The number of hydrogen-bond donors (Lipinski definition) is 1. The highest BCUT2D eigenvalue weighted by Crippen LogP contribution is 1.88. The van der Waals surface area contributed by atoms with E-state index in [0.717, 1.165) is 13.0 Å². The van der Waals surface area contributed by atoms with Crippen molar-refractivity contribution >= 4 is 0 Å². The van der Waals surface area contributed by atoms with Crippen molar-refractivity contribution in [2.75, 3.05) is 52.9 Å². The molecule has 0 aromatic heterocycles. The smallest absolute Gasteiger partial charge is 0.0701 e. The monoisotopic (exact) mass is 263 g/mol. The Bertz CT molecular complexity index is 156. The van der Waals surface area contributed by atoms with E-state index in [9.17, 15) is 0 Å². The summed E-state index contributed by atoms with van der Waals surface area (Å²) in [5.41, 5.74) is 5.53. The van der Waals surface area contributed by atoms with Gasteiger partial charge in [0.1, 0.15) is 0 Å². The average Bonchev–Trinajstić information content (AvgIpc) is 2.34. The Morgan fingerprint density at radius 1 is 0.778 bits per heavy atom. The molecule has 0 aromatic rings. The molecule has 0 radical (unpaired) electrons. The van der Waals surface area contributed by atoms with Crippen LogP contribution in [-0.2, 0) is 18.9 Å². The highest BCUT2D eigenvalue weighted by Gasteiger charge is 1.94. The van der Waals surface area contributed by atoms with Crippen LogP contribution in [0.25, 0.3) is 0 Å². The van der Waals surface area contributed by atoms with Crippen molar-refractivity contribution in [3.63, 3.8) is 0 Å². The molecular weight excluding hydrogens is 234 g/mol. The van der Waals surface area contributed by atoms with Gasteiger partial charge in [-0.05, 0) is 13.3 Å². The Balaban J connectivity index is 2.90. The van der Waals surface area contributed by atoms with Crippen LogP contribution >= 0.6 is 0 Å². The molecule has 0 saturated heterocycles. The Morgan fingerprint density at radius 3 is 1.67 bits per heavy atom. The number of nitrogens with two attached hydrogens (primary N) is 1. The minimum Gasteiger partial charge on any atom is -0.379 e. The summed E-state index contributed by atoms with van der Waals surface area (Å²) in [6, 6.07) is 0.0843. The highest BCUT2D eigenvalue weighted by molar-refractivity contribution is 4.47. The maximum absolute atomic E-state index is 5.53. The molecule has 0 amide bonds. The Hall–Kier alpha value is -0.200. The second kappa shape index (κ2) is 14.9. The van der Waals surface area contributed by atoms with Crippen molar-refractivity contribution in [1.29, 1.82) is 0 Å². The second-order valence-corrected chi connectivity index (χ2v) is 4.24. The zero-order valence-corrected chi connectivity index (χ0v) is 11.9. The summed E-state index contributed by atoms with van der Waals surface area (Å²) in [6.07, 6.45) is 2.28. The van der Waals surface area contributed by atoms with Gasteiger partial charge in [-0.3, -0.25) is 0 Å². The predicted octanol–water partition coefficient (Wildman–Crippen LogP) is 1.20. The molecule has 2 N–H and O–H groups in total. The van der Waals surface area contributed by atoms with Crippen LogP contribution in [0.3, 0.4) is 0 Å². The fraction of sp³-hybridized carbons (Fsp3) is 1.00. The van der Waals surface area contributed by atoms with Crippen LogP contribution in [0.1, 0.15) is 26.7 Å². The van der Waals surface area contributed by atoms with Crippen LogP contribution in [0, 0.1) is 0 Å². The van der Waals surface area contributed by atoms with E-state index in [1.165, 1.54) is 6.42 Å². The molecule has 0 aromatic carbocycles. The molecule has 1 atom stereocenters. The van der Waals surface area contributed by atoms with E-state index in [-0.39, 0.29) is 6.04 Å². The zero-order chi connectivity index (χ0) is 13.5. The van der Waals surface area contributed by atoms with Crippen LogP contribution in [-0.4, -0.2) is 58.9 Å². The average molecular weight is 263 g/mol. The van der Waals surface area contributed by atoms with Gasteiger partial charge in [0, 0.05) is 12.6 Å². The molecule has 5 nitrogen and oxygen atoms in total. The number of unbranched alkanes of at least 4 members (excludes halogenated alkanes) is 1. The summed E-state index contributed by atoms with van der Waals surface area (Å²) in [6.45, 7) is 9.13. The van der Waals surface area contributed by atoms with Gasteiger partial charge in [0.2, 0.25) is 0 Å². The van der Waals surface area contributed by atoms with Gasteiger partial charge in [-0.1, -0.05) is 13.3 Å². The van der Waals surface area contributed by atoms with Gasteiger partial charge in [0.25, 0.3) is 0 Å². The van der Waals surface area contributed by atoms with E-state index >= 15 is 0 Å². The maximum Gasteiger partial charge on any atom is 0.0701 e. The van der Waals surface area contributed by atoms with Crippen molar-refractivity contribution in [3.05, 3.63) is 0 Å². The zero-order valence-electron chi connectivity index (χ0n) is 11.9. The Labute approximate surface area is 111 Å². The SMILES string of the molecule is CCCCOCCOCCOCCOC[C@@H](C)N. The molecule has 0 unspecified atom stereocenters. The van der Waals surface area contributed by atoms with Crippen molar-refractivity contribution in [1.82, 2.24) is 0 Å². The predicted molar refractivity (Wildman–Crippen MR) is 71.8 cm³/mol. The topological polar surface area (TPSA) is 62.9 Å². The summed E-state index contributed by atoms with van der Waals surface area (Å²) < 4.78 is 21.3. The summed E-state index contributed by atoms with van der Waals surface area (Å²) in [5.74, 6) is 0. The molecular formula is C13H29NO4. The molecule has 0 heterocycles. The molecule has 0 spiro atoms. The maximum atomic E-state index is 5.53. The highest BCUT2D eigenvalue weighted by atomic mass is 16.6. The summed E-state index contributed by atoms with van der Waals surface area (Å²) in [4.78, 5) is 0. The van der Waals surface area contributed by atoms with Crippen LogP contribution in [0.2, 0.25) is 0 Å².